The molecule has 0 saturated carbocycles. The minimum atomic E-state index is -0.157. The van der Waals surface area contributed by atoms with Gasteiger partial charge in [0.15, 0.2) is 5.82 Å². The normalized spacial score (nSPS) is 12.6. The summed E-state index contributed by atoms with van der Waals surface area (Å²) >= 11 is 1.56. The zero-order chi connectivity index (χ0) is 22.1. The monoisotopic (exact) mass is 447 g/mol. The second-order valence-corrected chi connectivity index (χ2v) is 8.42. The van der Waals surface area contributed by atoms with E-state index in [-0.39, 0.29) is 12.5 Å². The predicted molar refractivity (Wildman–Crippen MR) is 123 cm³/mol. The number of aromatic nitrogens is 5. The molecule has 1 aliphatic rings. The summed E-state index contributed by atoms with van der Waals surface area (Å²) in [5.74, 6) is 1.68. The van der Waals surface area contributed by atoms with Gasteiger partial charge in [0.25, 0.3) is 0 Å². The number of nitrogens with one attached hydrogen (secondary N) is 1. The van der Waals surface area contributed by atoms with Crippen LogP contribution in [0.5, 0.6) is 5.88 Å². The zero-order valence-corrected chi connectivity index (χ0v) is 18.5. The summed E-state index contributed by atoms with van der Waals surface area (Å²) in [5.41, 5.74) is 6.12. The number of anilines is 2. The van der Waals surface area contributed by atoms with Crippen molar-refractivity contribution in [2.24, 2.45) is 0 Å². The van der Waals surface area contributed by atoms with Gasteiger partial charge >= 0.3 is 0 Å². The fourth-order valence-electron chi connectivity index (χ4n) is 3.79. The van der Waals surface area contributed by atoms with Gasteiger partial charge in [-0.25, -0.2) is 19.9 Å². The number of thiazole rings is 1. The first-order valence-electron chi connectivity index (χ1n) is 10.2. The summed E-state index contributed by atoms with van der Waals surface area (Å²) < 4.78 is 6.09. The number of methoxy groups -OCH3 is 1. The van der Waals surface area contributed by atoms with E-state index in [1.165, 1.54) is 0 Å². The molecule has 0 bridgehead atoms. The van der Waals surface area contributed by atoms with Crippen LogP contribution in [0.3, 0.4) is 0 Å². The van der Waals surface area contributed by atoms with Gasteiger partial charge in [0, 0.05) is 24.4 Å². The summed E-state index contributed by atoms with van der Waals surface area (Å²) in [6.45, 7) is 0.149. The molecule has 4 heterocycles. The van der Waals surface area contributed by atoms with Gasteiger partial charge in [-0.2, -0.15) is 0 Å². The summed E-state index contributed by atoms with van der Waals surface area (Å²) in [6, 6.07) is 5.43. The lowest BCUT2D eigenvalue weighted by Crippen LogP contribution is -2.31. The highest BCUT2D eigenvalue weighted by Crippen LogP contribution is 2.31. The second kappa shape index (κ2) is 8.46. The smallest absolute Gasteiger partial charge is 0.243 e. The van der Waals surface area contributed by atoms with Crippen LogP contribution in [-0.4, -0.2) is 51.5 Å². The molecule has 0 aromatic carbocycles. The van der Waals surface area contributed by atoms with Crippen LogP contribution in [0.2, 0.25) is 0 Å². The lowest BCUT2D eigenvalue weighted by molar-refractivity contribution is -0.114. The van der Waals surface area contributed by atoms with Crippen molar-refractivity contribution in [3.8, 4) is 17.4 Å². The molecule has 4 aromatic heterocycles. The van der Waals surface area contributed by atoms with Gasteiger partial charge < -0.3 is 15.0 Å². The Kier molecular flexibility index (Phi) is 5.36. The molecular formula is C22H21N7O2S. The van der Waals surface area contributed by atoms with E-state index >= 15 is 0 Å². The van der Waals surface area contributed by atoms with E-state index in [1.54, 1.807) is 48.5 Å². The molecule has 0 atom stereocenters. The van der Waals surface area contributed by atoms with E-state index in [4.69, 9.17) is 14.7 Å². The Morgan fingerprint density at radius 2 is 2.09 bits per heavy atom. The number of hydrogen-bond donors (Lipinski definition) is 1. The highest BCUT2D eigenvalue weighted by molar-refractivity contribution is 7.16. The van der Waals surface area contributed by atoms with Crippen LogP contribution in [0.15, 0.2) is 36.1 Å². The van der Waals surface area contributed by atoms with Crippen LogP contribution in [0.1, 0.15) is 17.7 Å². The van der Waals surface area contributed by atoms with Gasteiger partial charge in [0.05, 0.1) is 47.5 Å². The quantitative estimate of drug-likeness (QED) is 0.481. The lowest BCUT2D eigenvalue weighted by Gasteiger charge is -2.21. The number of pyridine rings is 2. The third kappa shape index (κ3) is 3.96. The van der Waals surface area contributed by atoms with Crippen LogP contribution in [0.4, 0.5) is 11.5 Å². The first-order valence-corrected chi connectivity index (χ1v) is 11.1. The number of carbonyl (C=O) groups excluding carboxylic acids is 1. The molecule has 32 heavy (non-hydrogen) atoms. The SMILES string of the molecule is COc1ccc(NC(=O)CN(C)c2nc(-c3cc4scnc4cn3)nc3c2CCC3)cn1. The Morgan fingerprint density at radius 3 is 2.91 bits per heavy atom. The number of rotatable bonds is 6. The van der Waals surface area contributed by atoms with E-state index in [1.807, 2.05) is 18.0 Å². The highest BCUT2D eigenvalue weighted by atomic mass is 32.1. The van der Waals surface area contributed by atoms with Crippen LogP contribution < -0.4 is 15.0 Å². The van der Waals surface area contributed by atoms with E-state index < -0.39 is 0 Å². The number of nitrogens with zero attached hydrogens (tertiary/aromatic N) is 6. The summed E-state index contributed by atoms with van der Waals surface area (Å²) in [7, 11) is 3.42. The Balaban J connectivity index is 1.39. The summed E-state index contributed by atoms with van der Waals surface area (Å²) in [6.07, 6.45) is 6.15. The third-order valence-electron chi connectivity index (χ3n) is 5.33. The predicted octanol–water partition coefficient (Wildman–Crippen LogP) is 3.12. The van der Waals surface area contributed by atoms with Crippen molar-refractivity contribution in [2.45, 2.75) is 19.3 Å². The molecule has 9 nitrogen and oxygen atoms in total. The molecule has 5 rings (SSSR count). The maximum atomic E-state index is 12.6. The molecule has 1 amide bonds. The van der Waals surface area contributed by atoms with Gasteiger partial charge in [-0.1, -0.05) is 0 Å². The Hall–Kier alpha value is -3.66. The van der Waals surface area contributed by atoms with Gasteiger partial charge in [-0.15, -0.1) is 11.3 Å². The maximum absolute atomic E-state index is 12.6. The van der Waals surface area contributed by atoms with Gasteiger partial charge in [-0.3, -0.25) is 9.78 Å². The average molecular weight is 448 g/mol. The van der Waals surface area contributed by atoms with E-state index in [9.17, 15) is 4.79 Å². The molecule has 0 spiro atoms. The first kappa shape index (κ1) is 20.3. The Morgan fingerprint density at radius 1 is 1.19 bits per heavy atom. The van der Waals surface area contributed by atoms with E-state index in [0.717, 1.165) is 46.6 Å². The number of carbonyl (C=O) groups is 1. The second-order valence-electron chi connectivity index (χ2n) is 7.53. The molecule has 0 aliphatic heterocycles. The molecule has 1 N–H and O–H groups in total. The fraction of sp³-hybridized carbons (Fsp3) is 0.273. The van der Waals surface area contributed by atoms with Crippen molar-refractivity contribution in [3.05, 3.63) is 47.4 Å². The average Bonchev–Trinajstić information content (AvgIpc) is 3.47. The topological polar surface area (TPSA) is 106 Å². The molecule has 0 radical (unpaired) electrons. The Bertz CT molecular complexity index is 1290. The molecular weight excluding hydrogens is 426 g/mol. The van der Waals surface area contributed by atoms with Crippen LogP contribution in [0, 0.1) is 0 Å². The standard InChI is InChI=1S/C22H21N7O2S/c1-29(11-19(30)26-13-6-7-20(31-2)24-9-13)22-14-4-3-5-15(14)27-21(28-22)16-8-18-17(10-23-16)25-12-32-18/h6-10,12H,3-5,11H2,1-2H3,(H,26,30). The molecule has 1 aliphatic carbocycles. The zero-order valence-electron chi connectivity index (χ0n) is 17.7. The van der Waals surface area contributed by atoms with E-state index in [0.29, 0.717) is 23.1 Å². The minimum Gasteiger partial charge on any atom is -0.481 e. The molecule has 0 saturated heterocycles. The fourth-order valence-corrected chi connectivity index (χ4v) is 4.48. The van der Waals surface area contributed by atoms with Crippen molar-refractivity contribution in [1.82, 2.24) is 24.9 Å². The van der Waals surface area contributed by atoms with Crippen LogP contribution in [0.25, 0.3) is 21.7 Å². The lowest BCUT2D eigenvalue weighted by atomic mass is 10.2. The van der Waals surface area contributed by atoms with E-state index in [2.05, 4.69) is 20.3 Å². The largest absolute Gasteiger partial charge is 0.481 e. The molecule has 10 heteroatoms. The number of amides is 1. The number of hydrogen-bond acceptors (Lipinski definition) is 9. The number of likely N-dealkylation sites (N-methyl/N-ethyl adjacent to an activating group) is 1. The van der Waals surface area contributed by atoms with Crippen LogP contribution >= 0.6 is 11.3 Å². The van der Waals surface area contributed by atoms with Gasteiger partial charge in [0.1, 0.15) is 11.5 Å². The first-order chi connectivity index (χ1) is 15.6. The third-order valence-corrected chi connectivity index (χ3v) is 6.12. The number of aryl methyl sites for hydroxylation is 1. The Labute approximate surface area is 188 Å². The van der Waals surface area contributed by atoms with Crippen molar-refractivity contribution in [2.75, 3.05) is 30.9 Å². The van der Waals surface area contributed by atoms with Gasteiger partial charge in [-0.05, 0) is 31.4 Å². The molecule has 0 unspecified atom stereocenters. The van der Waals surface area contributed by atoms with Crippen LogP contribution in [-0.2, 0) is 17.6 Å². The van der Waals surface area contributed by atoms with Crippen molar-refractivity contribution < 1.29 is 9.53 Å². The molecule has 162 valence electrons. The maximum Gasteiger partial charge on any atom is 0.243 e. The molecule has 0 fully saturated rings. The molecule has 4 aromatic rings. The minimum absolute atomic E-state index is 0.149. The van der Waals surface area contributed by atoms with Crippen molar-refractivity contribution in [1.29, 1.82) is 0 Å². The van der Waals surface area contributed by atoms with Gasteiger partial charge in [0.2, 0.25) is 11.8 Å². The number of fused-ring (bicyclic) bond motifs is 2. The summed E-state index contributed by atoms with van der Waals surface area (Å²) in [4.78, 5) is 37.0. The highest BCUT2D eigenvalue weighted by Gasteiger charge is 2.23. The van der Waals surface area contributed by atoms with Crippen molar-refractivity contribution in [3.63, 3.8) is 0 Å². The summed E-state index contributed by atoms with van der Waals surface area (Å²) in [5, 5.41) is 2.87. The number of ether oxygens (including phenoxy) is 1. The van der Waals surface area contributed by atoms with Crippen molar-refractivity contribution >= 4 is 39.0 Å².